The van der Waals surface area contributed by atoms with Crippen molar-refractivity contribution < 1.29 is 9.52 Å². The van der Waals surface area contributed by atoms with E-state index in [1.165, 1.54) is 11.3 Å². The maximum Gasteiger partial charge on any atom is 0.153 e. The molecule has 1 aromatic carbocycles. The maximum absolute atomic E-state index is 10.1. The van der Waals surface area contributed by atoms with E-state index in [0.29, 0.717) is 16.4 Å². The second-order valence-corrected chi connectivity index (χ2v) is 5.11. The highest BCUT2D eigenvalue weighted by molar-refractivity contribution is 7.10. The van der Waals surface area contributed by atoms with Gasteiger partial charge in [0.25, 0.3) is 0 Å². The normalized spacial score (nSPS) is 13.1. The fourth-order valence-electron chi connectivity index (χ4n) is 1.77. The number of halogens is 1. The second-order valence-electron chi connectivity index (χ2n) is 3.72. The Balaban J connectivity index is 2.10. The monoisotopic (exact) mass is 264 g/mol. The predicted molar refractivity (Wildman–Crippen MR) is 69.6 cm³/mol. The van der Waals surface area contributed by atoms with Gasteiger partial charge in [-0.25, -0.2) is 0 Å². The Morgan fingerprint density at radius 1 is 1.24 bits per heavy atom. The van der Waals surface area contributed by atoms with Crippen molar-refractivity contribution in [3.63, 3.8) is 0 Å². The molecule has 0 spiro atoms. The van der Waals surface area contributed by atoms with E-state index in [0.717, 1.165) is 10.3 Å². The largest absolute Gasteiger partial charge is 0.456 e. The van der Waals surface area contributed by atoms with Crippen LogP contribution >= 0.6 is 22.9 Å². The van der Waals surface area contributed by atoms with Gasteiger partial charge in [0.05, 0.1) is 5.02 Å². The minimum atomic E-state index is -0.724. The molecule has 0 amide bonds. The molecule has 0 saturated heterocycles. The molecule has 2 nitrogen and oxygen atoms in total. The van der Waals surface area contributed by atoms with E-state index in [1.54, 1.807) is 6.07 Å². The summed E-state index contributed by atoms with van der Waals surface area (Å²) < 4.78 is 5.61. The van der Waals surface area contributed by atoms with Crippen molar-refractivity contribution in [3.05, 3.63) is 57.4 Å². The van der Waals surface area contributed by atoms with Crippen LogP contribution in [0, 0.1) is 0 Å². The van der Waals surface area contributed by atoms with Gasteiger partial charge < -0.3 is 9.52 Å². The smallest absolute Gasteiger partial charge is 0.153 e. The number of benzene rings is 1. The number of fused-ring (bicyclic) bond motifs is 1. The van der Waals surface area contributed by atoms with E-state index in [2.05, 4.69) is 0 Å². The van der Waals surface area contributed by atoms with Crippen molar-refractivity contribution in [1.29, 1.82) is 0 Å². The topological polar surface area (TPSA) is 33.4 Å². The number of hydrogen-bond acceptors (Lipinski definition) is 3. The molecule has 3 aromatic rings. The SMILES string of the molecule is OC(c1cc2cccc(Cl)c2o1)c1cccs1. The summed E-state index contributed by atoms with van der Waals surface area (Å²) in [6.45, 7) is 0. The van der Waals surface area contributed by atoms with Crippen molar-refractivity contribution in [1.82, 2.24) is 0 Å². The van der Waals surface area contributed by atoms with Gasteiger partial charge in [-0.2, -0.15) is 0 Å². The van der Waals surface area contributed by atoms with Crippen LogP contribution in [0.25, 0.3) is 11.0 Å². The number of furan rings is 1. The molecule has 86 valence electrons. The predicted octanol–water partition coefficient (Wildman–Crippen LogP) is 4.23. The number of thiophene rings is 1. The van der Waals surface area contributed by atoms with Crippen LogP contribution in [-0.2, 0) is 0 Å². The minimum absolute atomic E-state index is 0.524. The van der Waals surface area contributed by atoms with Crippen LogP contribution in [0.5, 0.6) is 0 Å². The Morgan fingerprint density at radius 2 is 2.12 bits per heavy atom. The number of aliphatic hydroxyl groups is 1. The van der Waals surface area contributed by atoms with Crippen molar-refractivity contribution in [2.75, 3.05) is 0 Å². The number of rotatable bonds is 2. The van der Waals surface area contributed by atoms with Crippen molar-refractivity contribution in [2.45, 2.75) is 6.10 Å². The van der Waals surface area contributed by atoms with Crippen molar-refractivity contribution in [2.24, 2.45) is 0 Å². The van der Waals surface area contributed by atoms with Gasteiger partial charge in [-0.15, -0.1) is 11.3 Å². The lowest BCUT2D eigenvalue weighted by molar-refractivity contribution is 0.196. The molecule has 0 aliphatic carbocycles. The Bertz CT molecular complexity index is 643. The molecule has 0 bridgehead atoms. The Hall–Kier alpha value is -1.29. The van der Waals surface area contributed by atoms with Gasteiger partial charge in [0.15, 0.2) is 5.58 Å². The maximum atomic E-state index is 10.1. The molecular weight excluding hydrogens is 256 g/mol. The number of para-hydroxylation sites is 1. The first kappa shape index (κ1) is 10.8. The summed E-state index contributed by atoms with van der Waals surface area (Å²) in [5.74, 6) is 0.524. The lowest BCUT2D eigenvalue weighted by Crippen LogP contribution is -1.93. The van der Waals surface area contributed by atoms with Gasteiger partial charge in [-0.1, -0.05) is 29.8 Å². The first-order chi connectivity index (χ1) is 8.25. The van der Waals surface area contributed by atoms with E-state index in [9.17, 15) is 5.11 Å². The molecule has 0 aliphatic rings. The van der Waals surface area contributed by atoms with Crippen LogP contribution in [0.4, 0.5) is 0 Å². The molecule has 3 rings (SSSR count). The summed E-state index contributed by atoms with van der Waals surface area (Å²) in [6.07, 6.45) is -0.724. The number of hydrogen-bond donors (Lipinski definition) is 1. The number of aliphatic hydroxyl groups excluding tert-OH is 1. The standard InChI is InChI=1S/C13H9ClO2S/c14-9-4-1-3-8-7-10(16-13(8)9)12(15)11-5-2-6-17-11/h1-7,12,15H. The molecule has 1 N–H and O–H groups in total. The van der Waals surface area contributed by atoms with Crippen LogP contribution in [0.3, 0.4) is 0 Å². The lowest BCUT2D eigenvalue weighted by atomic mass is 10.2. The first-order valence-corrected chi connectivity index (χ1v) is 6.41. The molecule has 1 unspecified atom stereocenters. The van der Waals surface area contributed by atoms with E-state index in [-0.39, 0.29) is 0 Å². The molecule has 2 heterocycles. The first-order valence-electron chi connectivity index (χ1n) is 5.15. The average molecular weight is 265 g/mol. The third kappa shape index (κ3) is 1.86. The molecule has 2 aromatic heterocycles. The van der Waals surface area contributed by atoms with Gasteiger partial charge in [-0.3, -0.25) is 0 Å². The summed E-state index contributed by atoms with van der Waals surface area (Å²) in [5.41, 5.74) is 0.625. The lowest BCUT2D eigenvalue weighted by Gasteiger charge is -2.03. The van der Waals surface area contributed by atoms with Crippen LogP contribution < -0.4 is 0 Å². The highest BCUT2D eigenvalue weighted by Crippen LogP contribution is 2.33. The van der Waals surface area contributed by atoms with Crippen molar-refractivity contribution >= 4 is 33.9 Å². The van der Waals surface area contributed by atoms with E-state index in [4.69, 9.17) is 16.0 Å². The van der Waals surface area contributed by atoms with Gasteiger partial charge >= 0.3 is 0 Å². The zero-order valence-corrected chi connectivity index (χ0v) is 10.3. The Kier molecular flexibility index (Phi) is 2.67. The molecule has 4 heteroatoms. The van der Waals surface area contributed by atoms with Crippen LogP contribution in [-0.4, -0.2) is 5.11 Å². The van der Waals surface area contributed by atoms with E-state index < -0.39 is 6.10 Å². The summed E-state index contributed by atoms with van der Waals surface area (Å²) in [4.78, 5) is 0.861. The fraction of sp³-hybridized carbons (Fsp3) is 0.0769. The summed E-state index contributed by atoms with van der Waals surface area (Å²) in [7, 11) is 0. The van der Waals surface area contributed by atoms with Crippen LogP contribution in [0.1, 0.15) is 16.7 Å². The average Bonchev–Trinajstić information content (AvgIpc) is 2.98. The van der Waals surface area contributed by atoms with Crippen LogP contribution in [0.15, 0.2) is 46.2 Å². The third-order valence-corrected chi connectivity index (χ3v) is 3.82. The zero-order chi connectivity index (χ0) is 11.8. The minimum Gasteiger partial charge on any atom is -0.456 e. The van der Waals surface area contributed by atoms with Gasteiger partial charge in [0.1, 0.15) is 11.9 Å². The highest BCUT2D eigenvalue weighted by atomic mass is 35.5. The van der Waals surface area contributed by atoms with E-state index >= 15 is 0 Å². The molecule has 0 radical (unpaired) electrons. The molecule has 0 aliphatic heterocycles. The Labute approximate surface area is 107 Å². The molecule has 17 heavy (non-hydrogen) atoms. The molecular formula is C13H9ClO2S. The quantitative estimate of drug-likeness (QED) is 0.751. The summed E-state index contributed by atoms with van der Waals surface area (Å²) >= 11 is 7.52. The highest BCUT2D eigenvalue weighted by Gasteiger charge is 2.17. The third-order valence-electron chi connectivity index (χ3n) is 2.60. The summed E-state index contributed by atoms with van der Waals surface area (Å²) in [5, 5.41) is 13.5. The fourth-order valence-corrected chi connectivity index (χ4v) is 2.71. The van der Waals surface area contributed by atoms with Gasteiger partial charge in [-0.05, 0) is 23.6 Å². The molecule has 1 atom stereocenters. The Morgan fingerprint density at radius 3 is 2.82 bits per heavy atom. The second kappa shape index (κ2) is 4.18. The van der Waals surface area contributed by atoms with E-state index in [1.807, 2.05) is 35.7 Å². The summed E-state index contributed by atoms with van der Waals surface area (Å²) in [6, 6.07) is 11.2. The zero-order valence-electron chi connectivity index (χ0n) is 8.76. The molecule has 0 saturated carbocycles. The molecule has 0 fully saturated rings. The van der Waals surface area contributed by atoms with Crippen molar-refractivity contribution in [3.8, 4) is 0 Å². The van der Waals surface area contributed by atoms with Gasteiger partial charge in [0, 0.05) is 10.3 Å². The van der Waals surface area contributed by atoms with Gasteiger partial charge in [0.2, 0.25) is 0 Å². The van der Waals surface area contributed by atoms with Crippen LogP contribution in [0.2, 0.25) is 5.02 Å².